The molecule has 166 valence electrons. The zero-order valence-electron chi connectivity index (χ0n) is 18.6. The van der Waals surface area contributed by atoms with Crippen LogP contribution in [0.2, 0.25) is 0 Å². The molecule has 0 aliphatic carbocycles. The molecule has 0 spiro atoms. The minimum Gasteiger partial charge on any atom is -0.456 e. The molecule has 5 heterocycles. The van der Waals surface area contributed by atoms with Crippen LogP contribution in [0.5, 0.6) is 0 Å². The van der Waals surface area contributed by atoms with Crippen LogP contribution in [0, 0.1) is 13.8 Å². The number of rotatable bonds is 5. The van der Waals surface area contributed by atoms with Gasteiger partial charge in [-0.3, -0.25) is 9.48 Å². The van der Waals surface area contributed by atoms with Gasteiger partial charge in [-0.15, -0.1) is 10.2 Å². The van der Waals surface area contributed by atoms with E-state index >= 15 is 0 Å². The van der Waals surface area contributed by atoms with Gasteiger partial charge in [0.25, 0.3) is 5.91 Å². The summed E-state index contributed by atoms with van der Waals surface area (Å²) in [5.41, 5.74) is 4.73. The molecule has 0 aromatic carbocycles. The molecule has 4 aromatic heterocycles. The van der Waals surface area contributed by atoms with Gasteiger partial charge >= 0.3 is 0 Å². The van der Waals surface area contributed by atoms with E-state index in [1.807, 2.05) is 43.1 Å². The summed E-state index contributed by atoms with van der Waals surface area (Å²) in [4.78, 5) is 15.0. The molecular weight excluding hydrogens is 410 g/mol. The maximum Gasteiger partial charge on any atom is 0.289 e. The monoisotopic (exact) mass is 435 g/mol. The molecule has 1 aliphatic rings. The van der Waals surface area contributed by atoms with Gasteiger partial charge in [-0.05, 0) is 32.9 Å². The van der Waals surface area contributed by atoms with E-state index in [0.717, 1.165) is 52.8 Å². The second kappa shape index (κ2) is 7.77. The number of carbonyl (C=O) groups is 1. The number of hydrogen-bond acceptors (Lipinski definition) is 7. The van der Waals surface area contributed by atoms with Crippen LogP contribution in [-0.2, 0) is 33.0 Å². The van der Waals surface area contributed by atoms with Gasteiger partial charge in [-0.1, -0.05) is 5.16 Å². The molecule has 1 amide bonds. The van der Waals surface area contributed by atoms with Gasteiger partial charge in [0.05, 0.1) is 12.2 Å². The number of aryl methyl sites for hydroxylation is 4. The molecule has 0 radical (unpaired) electrons. The highest BCUT2D eigenvalue weighted by molar-refractivity contribution is 5.91. The van der Waals surface area contributed by atoms with E-state index in [9.17, 15) is 4.79 Å². The van der Waals surface area contributed by atoms with E-state index in [2.05, 4.69) is 20.5 Å². The fourth-order valence-electron chi connectivity index (χ4n) is 4.29. The number of nitrogens with zero attached hydrogens (tertiary/aromatic N) is 7. The number of hydrogen-bond donors (Lipinski definition) is 0. The molecule has 32 heavy (non-hydrogen) atoms. The zero-order valence-corrected chi connectivity index (χ0v) is 18.6. The van der Waals surface area contributed by atoms with Crippen molar-refractivity contribution in [1.29, 1.82) is 0 Å². The van der Waals surface area contributed by atoms with Crippen molar-refractivity contribution in [3.63, 3.8) is 0 Å². The van der Waals surface area contributed by atoms with E-state index in [1.54, 1.807) is 17.3 Å². The molecule has 0 N–H and O–H groups in total. The number of carbonyl (C=O) groups excluding carboxylic acids is 1. The molecule has 0 saturated carbocycles. The summed E-state index contributed by atoms with van der Waals surface area (Å²) < 4.78 is 15.0. The first-order valence-electron chi connectivity index (χ1n) is 10.7. The minimum atomic E-state index is -0.132. The standard InChI is InChI=1S/C22H25N7O3/c1-5-28-12-23-24-21(28)20-17-11-29(9-8-18(17)27(4)25-20)22(30)19-7-6-15(31-19)10-16-13(2)26-32-14(16)3/h6-7,12H,5,8-11H2,1-4H3. The first-order valence-corrected chi connectivity index (χ1v) is 10.7. The van der Waals surface area contributed by atoms with Crippen molar-refractivity contribution >= 4 is 5.91 Å². The minimum absolute atomic E-state index is 0.132. The van der Waals surface area contributed by atoms with E-state index < -0.39 is 0 Å². The van der Waals surface area contributed by atoms with E-state index in [0.29, 0.717) is 31.0 Å². The number of fused-ring (bicyclic) bond motifs is 1. The van der Waals surface area contributed by atoms with Crippen molar-refractivity contribution in [3.8, 4) is 11.5 Å². The summed E-state index contributed by atoms with van der Waals surface area (Å²) in [6, 6.07) is 3.58. The lowest BCUT2D eigenvalue weighted by molar-refractivity contribution is 0.0699. The maximum atomic E-state index is 13.2. The van der Waals surface area contributed by atoms with Gasteiger partial charge < -0.3 is 18.4 Å². The second-order valence-electron chi connectivity index (χ2n) is 8.06. The zero-order chi connectivity index (χ0) is 22.4. The fourth-order valence-corrected chi connectivity index (χ4v) is 4.29. The number of furan rings is 1. The highest BCUT2D eigenvalue weighted by Crippen LogP contribution is 2.29. The molecule has 10 nitrogen and oxygen atoms in total. The smallest absolute Gasteiger partial charge is 0.289 e. The van der Waals surface area contributed by atoms with Crippen LogP contribution in [-0.4, -0.2) is 47.1 Å². The first-order chi connectivity index (χ1) is 15.5. The number of aromatic nitrogens is 6. The average Bonchev–Trinajstić information content (AvgIpc) is 3.57. The quantitative estimate of drug-likeness (QED) is 0.474. The van der Waals surface area contributed by atoms with Gasteiger partial charge in [0.15, 0.2) is 11.6 Å². The maximum absolute atomic E-state index is 13.2. The topological polar surface area (TPSA) is 108 Å². The summed E-state index contributed by atoms with van der Waals surface area (Å²) in [7, 11) is 1.93. The molecule has 1 aliphatic heterocycles. The Hall–Kier alpha value is -3.69. The third-order valence-electron chi connectivity index (χ3n) is 6.10. The van der Waals surface area contributed by atoms with Crippen LogP contribution >= 0.6 is 0 Å². The Morgan fingerprint density at radius 1 is 1.25 bits per heavy atom. The Balaban J connectivity index is 1.38. The van der Waals surface area contributed by atoms with Gasteiger partial charge in [0, 0.05) is 49.8 Å². The van der Waals surface area contributed by atoms with Gasteiger partial charge in [0.1, 0.15) is 23.5 Å². The first kappa shape index (κ1) is 20.2. The van der Waals surface area contributed by atoms with Crippen molar-refractivity contribution in [2.75, 3.05) is 6.54 Å². The van der Waals surface area contributed by atoms with Crippen molar-refractivity contribution in [1.82, 2.24) is 34.6 Å². The van der Waals surface area contributed by atoms with Crippen molar-refractivity contribution in [3.05, 3.63) is 58.3 Å². The van der Waals surface area contributed by atoms with Crippen LogP contribution in [0.3, 0.4) is 0 Å². The van der Waals surface area contributed by atoms with Crippen molar-refractivity contribution in [2.24, 2.45) is 7.05 Å². The van der Waals surface area contributed by atoms with Crippen molar-refractivity contribution in [2.45, 2.75) is 46.7 Å². The molecule has 0 bridgehead atoms. The predicted molar refractivity (Wildman–Crippen MR) is 114 cm³/mol. The Bertz CT molecular complexity index is 1270. The lowest BCUT2D eigenvalue weighted by atomic mass is 10.0. The van der Waals surface area contributed by atoms with Crippen LogP contribution in [0.25, 0.3) is 11.5 Å². The van der Waals surface area contributed by atoms with Crippen LogP contribution in [0.1, 0.15) is 51.5 Å². The second-order valence-corrected chi connectivity index (χ2v) is 8.06. The molecule has 5 rings (SSSR count). The highest BCUT2D eigenvalue weighted by Gasteiger charge is 2.30. The fraction of sp³-hybridized carbons (Fsp3) is 0.409. The third kappa shape index (κ3) is 3.31. The van der Waals surface area contributed by atoms with E-state index in [1.165, 1.54) is 0 Å². The lowest BCUT2D eigenvalue weighted by Gasteiger charge is -2.26. The van der Waals surface area contributed by atoms with Gasteiger partial charge in [-0.25, -0.2) is 0 Å². The normalized spacial score (nSPS) is 13.6. The SMILES string of the molecule is CCn1cnnc1-c1nn(C)c2c1CN(C(=O)c1ccc(Cc3c(C)noc3C)o1)CC2. The Kier molecular flexibility index (Phi) is 4.91. The summed E-state index contributed by atoms with van der Waals surface area (Å²) in [6.07, 6.45) is 2.96. The Morgan fingerprint density at radius 2 is 2.09 bits per heavy atom. The van der Waals surface area contributed by atoms with Crippen molar-refractivity contribution < 1.29 is 13.7 Å². The molecule has 10 heteroatoms. The molecule has 0 saturated heterocycles. The van der Waals surface area contributed by atoms with E-state index in [-0.39, 0.29) is 5.91 Å². The van der Waals surface area contributed by atoms with Crippen LogP contribution in [0.4, 0.5) is 0 Å². The lowest BCUT2D eigenvalue weighted by Crippen LogP contribution is -2.36. The Labute approximate surface area is 184 Å². The third-order valence-corrected chi connectivity index (χ3v) is 6.10. The average molecular weight is 435 g/mol. The Morgan fingerprint density at radius 3 is 2.84 bits per heavy atom. The highest BCUT2D eigenvalue weighted by atomic mass is 16.5. The summed E-state index contributed by atoms with van der Waals surface area (Å²) in [5, 5.41) is 17.0. The summed E-state index contributed by atoms with van der Waals surface area (Å²) >= 11 is 0. The van der Waals surface area contributed by atoms with Crippen LogP contribution in [0.15, 0.2) is 27.4 Å². The molecule has 0 atom stereocenters. The molecule has 0 unspecified atom stereocenters. The van der Waals surface area contributed by atoms with Crippen LogP contribution < -0.4 is 0 Å². The molecule has 4 aromatic rings. The molecular formula is C22H25N7O3. The van der Waals surface area contributed by atoms with Gasteiger partial charge in [0.2, 0.25) is 0 Å². The number of amides is 1. The van der Waals surface area contributed by atoms with Gasteiger partial charge in [-0.2, -0.15) is 5.10 Å². The largest absolute Gasteiger partial charge is 0.456 e. The van der Waals surface area contributed by atoms with E-state index in [4.69, 9.17) is 8.94 Å². The predicted octanol–water partition coefficient (Wildman–Crippen LogP) is 2.69. The summed E-state index contributed by atoms with van der Waals surface area (Å²) in [6.45, 7) is 7.61. The summed E-state index contributed by atoms with van der Waals surface area (Å²) in [5.74, 6) is 2.39. The molecule has 0 fully saturated rings.